The van der Waals surface area contributed by atoms with Crippen LogP contribution in [-0.4, -0.2) is 11.3 Å². The Balaban J connectivity index is 2.11. The van der Waals surface area contributed by atoms with Crippen molar-refractivity contribution in [2.45, 2.75) is 12.2 Å². The van der Waals surface area contributed by atoms with Crippen molar-refractivity contribution in [3.05, 3.63) is 35.9 Å². The van der Waals surface area contributed by atoms with Crippen LogP contribution in [0, 0.1) is 0 Å². The van der Waals surface area contributed by atoms with Gasteiger partial charge in [0.15, 0.2) is 6.10 Å². The molecule has 2 atom stereocenters. The number of carbonyl (C=O) groups is 1. The van der Waals surface area contributed by atoms with Gasteiger partial charge in [0.1, 0.15) is 6.10 Å². The van der Waals surface area contributed by atoms with E-state index in [2.05, 4.69) is 0 Å². The zero-order chi connectivity index (χ0) is 8.55. The molecule has 2 nitrogen and oxygen atoms in total. The number of hydrogen-bond acceptors (Lipinski definition) is 2. The number of hydrogen-bond donors (Lipinski definition) is 0. The second-order valence-corrected chi connectivity index (χ2v) is 3.06. The fraction of sp³-hybridized carbons (Fsp3) is 0.222. The summed E-state index contributed by atoms with van der Waals surface area (Å²) < 4.78 is 5.08. The Morgan fingerprint density at radius 3 is 2.50 bits per heavy atom. The highest BCUT2D eigenvalue weighted by Crippen LogP contribution is 2.39. The molecule has 0 aliphatic carbocycles. The van der Waals surface area contributed by atoms with Gasteiger partial charge < -0.3 is 4.74 Å². The number of rotatable bonds is 2. The normalized spacial score (nSPS) is 26.8. The lowest BCUT2D eigenvalue weighted by molar-refractivity contribution is -0.112. The highest BCUT2D eigenvalue weighted by Gasteiger charge is 2.44. The van der Waals surface area contributed by atoms with E-state index in [4.69, 9.17) is 16.3 Å². The smallest absolute Gasteiger partial charge is 0.253 e. The summed E-state index contributed by atoms with van der Waals surface area (Å²) >= 11 is 5.26. The van der Waals surface area contributed by atoms with Crippen LogP contribution < -0.4 is 0 Å². The maximum Gasteiger partial charge on any atom is 0.253 e. The summed E-state index contributed by atoms with van der Waals surface area (Å²) in [6.07, 6.45) is -0.537. The van der Waals surface area contributed by atoms with Crippen molar-refractivity contribution in [1.29, 1.82) is 0 Å². The first-order valence-corrected chi connectivity index (χ1v) is 4.06. The Hall–Kier alpha value is -0.860. The standard InChI is InChI=1S/C9H7ClO2/c10-9(11)8-7(12-8)6-4-2-1-3-5-6/h1-5,7-8H/t7-,8+/m0/s1. The molecule has 0 bridgehead atoms. The second kappa shape index (κ2) is 2.88. The lowest BCUT2D eigenvalue weighted by Gasteiger charge is -1.91. The van der Waals surface area contributed by atoms with Crippen LogP contribution in [0.5, 0.6) is 0 Å². The van der Waals surface area contributed by atoms with Crippen LogP contribution in [0.2, 0.25) is 0 Å². The van der Waals surface area contributed by atoms with E-state index in [1.165, 1.54) is 0 Å². The van der Waals surface area contributed by atoms with E-state index in [1.54, 1.807) is 0 Å². The summed E-state index contributed by atoms with van der Waals surface area (Å²) in [5.41, 5.74) is 1.01. The van der Waals surface area contributed by atoms with Crippen LogP contribution in [-0.2, 0) is 9.53 Å². The van der Waals surface area contributed by atoms with Gasteiger partial charge in [0, 0.05) is 0 Å². The molecule has 0 aromatic heterocycles. The number of ether oxygens (including phenoxy) is 1. The van der Waals surface area contributed by atoms with E-state index in [1.807, 2.05) is 30.3 Å². The first kappa shape index (κ1) is 7.77. The lowest BCUT2D eigenvalue weighted by Crippen LogP contribution is -1.97. The van der Waals surface area contributed by atoms with E-state index >= 15 is 0 Å². The molecule has 0 N–H and O–H groups in total. The molecule has 1 heterocycles. The van der Waals surface area contributed by atoms with Crippen molar-refractivity contribution < 1.29 is 9.53 Å². The number of epoxide rings is 1. The molecule has 0 amide bonds. The van der Waals surface area contributed by atoms with E-state index < -0.39 is 11.3 Å². The molecule has 0 saturated carbocycles. The van der Waals surface area contributed by atoms with Gasteiger partial charge in [0.25, 0.3) is 5.24 Å². The molecule has 0 spiro atoms. The summed E-state index contributed by atoms with van der Waals surface area (Å²) in [5, 5.41) is -0.413. The van der Waals surface area contributed by atoms with Crippen LogP contribution in [0.3, 0.4) is 0 Å². The minimum absolute atomic E-state index is 0.115. The molecular weight excluding hydrogens is 176 g/mol. The Bertz CT molecular complexity index is 297. The molecule has 0 unspecified atom stereocenters. The van der Waals surface area contributed by atoms with Gasteiger partial charge in [-0.15, -0.1) is 0 Å². The summed E-state index contributed by atoms with van der Waals surface area (Å²) in [5.74, 6) is 0. The summed E-state index contributed by atoms with van der Waals surface area (Å²) in [6.45, 7) is 0. The topological polar surface area (TPSA) is 29.6 Å². The Morgan fingerprint density at radius 2 is 2.00 bits per heavy atom. The third kappa shape index (κ3) is 1.36. The third-order valence-electron chi connectivity index (χ3n) is 1.84. The number of benzene rings is 1. The summed E-state index contributed by atoms with van der Waals surface area (Å²) in [6, 6.07) is 9.58. The predicted octanol–water partition coefficient (Wildman–Crippen LogP) is 1.89. The molecule has 1 fully saturated rings. The lowest BCUT2D eigenvalue weighted by atomic mass is 10.1. The average molecular weight is 183 g/mol. The quantitative estimate of drug-likeness (QED) is 0.517. The molecule has 3 heteroatoms. The van der Waals surface area contributed by atoms with Gasteiger partial charge in [-0.05, 0) is 17.2 Å². The first-order valence-electron chi connectivity index (χ1n) is 3.69. The summed E-state index contributed by atoms with van der Waals surface area (Å²) in [4.78, 5) is 10.6. The number of carbonyl (C=O) groups excluding carboxylic acids is 1. The van der Waals surface area contributed by atoms with Crippen LogP contribution >= 0.6 is 11.6 Å². The first-order chi connectivity index (χ1) is 5.79. The minimum Gasteiger partial charge on any atom is -0.355 e. The zero-order valence-electron chi connectivity index (χ0n) is 6.24. The van der Waals surface area contributed by atoms with E-state index in [9.17, 15) is 4.79 Å². The van der Waals surface area contributed by atoms with Crippen molar-refractivity contribution >= 4 is 16.8 Å². The Morgan fingerprint density at radius 1 is 1.33 bits per heavy atom. The van der Waals surface area contributed by atoms with Gasteiger partial charge in [0.05, 0.1) is 0 Å². The van der Waals surface area contributed by atoms with E-state index in [0.717, 1.165) is 5.56 Å². The molecule has 0 radical (unpaired) electrons. The fourth-order valence-electron chi connectivity index (χ4n) is 1.18. The minimum atomic E-state index is -0.422. The average Bonchev–Trinajstić information content (AvgIpc) is 2.84. The van der Waals surface area contributed by atoms with Crippen LogP contribution in [0.4, 0.5) is 0 Å². The van der Waals surface area contributed by atoms with Crippen molar-refractivity contribution in [3.63, 3.8) is 0 Å². The molecule has 12 heavy (non-hydrogen) atoms. The maximum atomic E-state index is 10.6. The molecule has 1 aromatic carbocycles. The van der Waals surface area contributed by atoms with Gasteiger partial charge in [-0.1, -0.05) is 30.3 Å². The molecule has 62 valence electrons. The van der Waals surface area contributed by atoms with Gasteiger partial charge >= 0.3 is 0 Å². The highest BCUT2D eigenvalue weighted by molar-refractivity contribution is 6.65. The molecule has 1 aliphatic rings. The Kier molecular flexibility index (Phi) is 1.87. The van der Waals surface area contributed by atoms with Gasteiger partial charge in [0.2, 0.25) is 0 Å². The van der Waals surface area contributed by atoms with Crippen LogP contribution in [0.25, 0.3) is 0 Å². The molecule has 2 rings (SSSR count). The highest BCUT2D eigenvalue weighted by atomic mass is 35.5. The van der Waals surface area contributed by atoms with Crippen molar-refractivity contribution in [3.8, 4) is 0 Å². The summed E-state index contributed by atoms with van der Waals surface area (Å²) in [7, 11) is 0. The van der Waals surface area contributed by atoms with Gasteiger partial charge in [-0.3, -0.25) is 4.79 Å². The monoisotopic (exact) mass is 182 g/mol. The second-order valence-electron chi connectivity index (χ2n) is 2.69. The Labute approximate surface area is 75.1 Å². The van der Waals surface area contributed by atoms with Gasteiger partial charge in [-0.25, -0.2) is 0 Å². The largest absolute Gasteiger partial charge is 0.355 e. The molecular formula is C9H7ClO2. The van der Waals surface area contributed by atoms with E-state index in [-0.39, 0.29) is 6.10 Å². The third-order valence-corrected chi connectivity index (χ3v) is 2.06. The van der Waals surface area contributed by atoms with Crippen LogP contribution in [0.15, 0.2) is 30.3 Å². The molecule has 1 aromatic rings. The SMILES string of the molecule is O=C(Cl)[C@@H]1O[C@H]1c1ccccc1. The van der Waals surface area contributed by atoms with Crippen molar-refractivity contribution in [1.82, 2.24) is 0 Å². The molecule has 1 aliphatic heterocycles. The molecule has 1 saturated heterocycles. The van der Waals surface area contributed by atoms with Gasteiger partial charge in [-0.2, -0.15) is 0 Å². The zero-order valence-corrected chi connectivity index (χ0v) is 6.99. The van der Waals surface area contributed by atoms with E-state index in [0.29, 0.717) is 0 Å². The maximum absolute atomic E-state index is 10.6. The fourth-order valence-corrected chi connectivity index (χ4v) is 1.35. The predicted molar refractivity (Wildman–Crippen MR) is 44.9 cm³/mol. The van der Waals surface area contributed by atoms with Crippen LogP contribution in [0.1, 0.15) is 11.7 Å². The van der Waals surface area contributed by atoms with Crippen molar-refractivity contribution in [2.24, 2.45) is 0 Å². The number of halogens is 1. The van der Waals surface area contributed by atoms with Crippen molar-refractivity contribution in [2.75, 3.05) is 0 Å².